The normalized spacial score (nSPS) is 17.3. The standard InChI is InChI=1S/C11H20N2O2/c1-7(2)10(13-8(3)14)11(15)12-6-9-4-5-9/h7,9-10H,4-6H2,1-3H3,(H,12,15)(H,13,14)/t10-/m1/s1. The van der Waals surface area contributed by atoms with Crippen LogP contribution in [-0.2, 0) is 9.59 Å². The Bertz CT molecular complexity index is 247. The van der Waals surface area contributed by atoms with Crippen molar-refractivity contribution in [2.75, 3.05) is 6.54 Å². The Morgan fingerprint density at radius 1 is 1.33 bits per heavy atom. The lowest BCUT2D eigenvalue weighted by molar-refractivity contribution is -0.129. The van der Waals surface area contributed by atoms with Crippen LogP contribution in [0.3, 0.4) is 0 Å². The van der Waals surface area contributed by atoms with Gasteiger partial charge in [-0.05, 0) is 24.7 Å². The fourth-order valence-corrected chi connectivity index (χ4v) is 1.43. The first-order valence-corrected chi connectivity index (χ1v) is 5.55. The quantitative estimate of drug-likeness (QED) is 0.704. The molecule has 0 heterocycles. The van der Waals surface area contributed by atoms with E-state index in [1.807, 2.05) is 13.8 Å². The predicted molar refractivity (Wildman–Crippen MR) is 58.2 cm³/mol. The molecule has 0 spiro atoms. The van der Waals surface area contributed by atoms with Gasteiger partial charge in [-0.3, -0.25) is 9.59 Å². The van der Waals surface area contributed by atoms with Crippen molar-refractivity contribution in [3.63, 3.8) is 0 Å². The van der Waals surface area contributed by atoms with Crippen LogP contribution in [0.4, 0.5) is 0 Å². The van der Waals surface area contributed by atoms with E-state index in [-0.39, 0.29) is 17.7 Å². The highest BCUT2D eigenvalue weighted by Crippen LogP contribution is 2.27. The molecular weight excluding hydrogens is 192 g/mol. The van der Waals surface area contributed by atoms with E-state index < -0.39 is 6.04 Å². The maximum atomic E-state index is 11.7. The number of rotatable bonds is 5. The van der Waals surface area contributed by atoms with Crippen LogP contribution in [0.2, 0.25) is 0 Å². The van der Waals surface area contributed by atoms with Crippen LogP contribution in [0.1, 0.15) is 33.6 Å². The second kappa shape index (κ2) is 5.14. The summed E-state index contributed by atoms with van der Waals surface area (Å²) in [5.41, 5.74) is 0. The highest BCUT2D eigenvalue weighted by Gasteiger charge is 2.26. The third-order valence-electron chi connectivity index (χ3n) is 2.57. The van der Waals surface area contributed by atoms with Gasteiger partial charge in [0.1, 0.15) is 6.04 Å². The number of amides is 2. The van der Waals surface area contributed by atoms with E-state index in [0.29, 0.717) is 5.92 Å². The molecule has 2 N–H and O–H groups in total. The average Bonchev–Trinajstić information content (AvgIpc) is 2.93. The summed E-state index contributed by atoms with van der Waals surface area (Å²) in [4.78, 5) is 22.6. The molecule has 0 bridgehead atoms. The molecule has 0 radical (unpaired) electrons. The smallest absolute Gasteiger partial charge is 0.242 e. The predicted octanol–water partition coefficient (Wildman–Crippen LogP) is 0.673. The van der Waals surface area contributed by atoms with E-state index in [2.05, 4.69) is 10.6 Å². The van der Waals surface area contributed by atoms with Gasteiger partial charge in [0.15, 0.2) is 0 Å². The molecule has 4 heteroatoms. The Hall–Kier alpha value is -1.06. The first-order valence-electron chi connectivity index (χ1n) is 5.55. The molecule has 0 aromatic rings. The fourth-order valence-electron chi connectivity index (χ4n) is 1.43. The van der Waals surface area contributed by atoms with Crippen LogP contribution in [0.25, 0.3) is 0 Å². The van der Waals surface area contributed by atoms with Gasteiger partial charge in [-0.25, -0.2) is 0 Å². The monoisotopic (exact) mass is 212 g/mol. The van der Waals surface area contributed by atoms with Crippen molar-refractivity contribution < 1.29 is 9.59 Å². The van der Waals surface area contributed by atoms with Crippen molar-refractivity contribution in [3.8, 4) is 0 Å². The number of nitrogens with one attached hydrogen (secondary N) is 2. The summed E-state index contributed by atoms with van der Waals surface area (Å²) >= 11 is 0. The van der Waals surface area contributed by atoms with Crippen LogP contribution in [-0.4, -0.2) is 24.4 Å². The fraction of sp³-hybridized carbons (Fsp3) is 0.818. The van der Waals surface area contributed by atoms with E-state index in [0.717, 1.165) is 6.54 Å². The van der Waals surface area contributed by atoms with Crippen LogP contribution >= 0.6 is 0 Å². The molecule has 2 amide bonds. The van der Waals surface area contributed by atoms with Gasteiger partial charge in [0.2, 0.25) is 11.8 Å². The van der Waals surface area contributed by atoms with Gasteiger partial charge in [0.25, 0.3) is 0 Å². The Kier molecular flexibility index (Phi) is 4.12. The molecule has 1 saturated carbocycles. The summed E-state index contributed by atoms with van der Waals surface area (Å²) in [7, 11) is 0. The SMILES string of the molecule is CC(=O)N[C@@H](C(=O)NCC1CC1)C(C)C. The number of carbonyl (C=O) groups is 2. The number of hydrogen-bond acceptors (Lipinski definition) is 2. The van der Waals surface area contributed by atoms with Gasteiger partial charge in [0, 0.05) is 13.5 Å². The summed E-state index contributed by atoms with van der Waals surface area (Å²) in [5, 5.41) is 5.55. The molecule has 0 saturated heterocycles. The average molecular weight is 212 g/mol. The van der Waals surface area contributed by atoms with Crippen molar-refractivity contribution in [3.05, 3.63) is 0 Å². The maximum absolute atomic E-state index is 11.7. The lowest BCUT2D eigenvalue weighted by Crippen LogP contribution is -2.49. The van der Waals surface area contributed by atoms with Gasteiger partial charge < -0.3 is 10.6 Å². The van der Waals surface area contributed by atoms with Gasteiger partial charge in [-0.2, -0.15) is 0 Å². The van der Waals surface area contributed by atoms with Crippen LogP contribution in [0, 0.1) is 11.8 Å². The van der Waals surface area contributed by atoms with E-state index in [1.54, 1.807) is 0 Å². The van der Waals surface area contributed by atoms with E-state index in [4.69, 9.17) is 0 Å². The minimum Gasteiger partial charge on any atom is -0.354 e. The molecule has 0 aliphatic heterocycles. The molecule has 86 valence electrons. The Balaban J connectivity index is 2.38. The largest absolute Gasteiger partial charge is 0.354 e. The van der Waals surface area contributed by atoms with Crippen molar-refractivity contribution >= 4 is 11.8 Å². The van der Waals surface area contributed by atoms with Crippen LogP contribution in [0.15, 0.2) is 0 Å². The van der Waals surface area contributed by atoms with Crippen LogP contribution < -0.4 is 10.6 Å². The molecule has 1 atom stereocenters. The second-order valence-corrected chi connectivity index (χ2v) is 4.61. The molecule has 0 unspecified atom stereocenters. The maximum Gasteiger partial charge on any atom is 0.242 e. The van der Waals surface area contributed by atoms with Crippen molar-refractivity contribution in [2.24, 2.45) is 11.8 Å². The third kappa shape index (κ3) is 4.32. The highest BCUT2D eigenvalue weighted by atomic mass is 16.2. The van der Waals surface area contributed by atoms with Gasteiger partial charge in [-0.1, -0.05) is 13.8 Å². The Labute approximate surface area is 90.8 Å². The highest BCUT2D eigenvalue weighted by molar-refractivity contribution is 5.87. The number of carbonyl (C=O) groups excluding carboxylic acids is 2. The molecule has 0 aromatic heterocycles. The number of hydrogen-bond donors (Lipinski definition) is 2. The van der Waals surface area contributed by atoms with Crippen molar-refractivity contribution in [1.82, 2.24) is 10.6 Å². The topological polar surface area (TPSA) is 58.2 Å². The molecule has 1 rings (SSSR count). The zero-order valence-corrected chi connectivity index (χ0v) is 9.67. The van der Waals surface area contributed by atoms with Crippen LogP contribution in [0.5, 0.6) is 0 Å². The minimum atomic E-state index is -0.402. The lowest BCUT2D eigenvalue weighted by atomic mass is 10.0. The summed E-state index contributed by atoms with van der Waals surface area (Å²) in [6, 6.07) is -0.402. The lowest BCUT2D eigenvalue weighted by Gasteiger charge is -2.20. The summed E-state index contributed by atoms with van der Waals surface area (Å²) in [6.07, 6.45) is 2.43. The first-order chi connectivity index (χ1) is 7.00. The summed E-state index contributed by atoms with van der Waals surface area (Å²) in [5.74, 6) is 0.564. The van der Waals surface area contributed by atoms with Gasteiger partial charge in [0.05, 0.1) is 0 Å². The summed E-state index contributed by atoms with van der Waals surface area (Å²) < 4.78 is 0. The van der Waals surface area contributed by atoms with Gasteiger partial charge in [-0.15, -0.1) is 0 Å². The molecular formula is C11H20N2O2. The minimum absolute atomic E-state index is 0.0629. The Morgan fingerprint density at radius 2 is 1.93 bits per heavy atom. The third-order valence-corrected chi connectivity index (χ3v) is 2.57. The molecule has 15 heavy (non-hydrogen) atoms. The van der Waals surface area contributed by atoms with Gasteiger partial charge >= 0.3 is 0 Å². The zero-order valence-electron chi connectivity index (χ0n) is 9.67. The molecule has 0 aromatic carbocycles. The van der Waals surface area contributed by atoms with E-state index in [9.17, 15) is 9.59 Å². The first kappa shape index (κ1) is 12.0. The van der Waals surface area contributed by atoms with E-state index >= 15 is 0 Å². The zero-order chi connectivity index (χ0) is 11.4. The molecule has 1 fully saturated rings. The van der Waals surface area contributed by atoms with Crippen molar-refractivity contribution in [2.45, 2.75) is 39.7 Å². The molecule has 4 nitrogen and oxygen atoms in total. The molecule has 1 aliphatic carbocycles. The van der Waals surface area contributed by atoms with Crippen molar-refractivity contribution in [1.29, 1.82) is 0 Å². The molecule has 1 aliphatic rings. The summed E-state index contributed by atoms with van der Waals surface area (Å²) in [6.45, 7) is 6.04. The van der Waals surface area contributed by atoms with E-state index in [1.165, 1.54) is 19.8 Å². The Morgan fingerprint density at radius 3 is 2.33 bits per heavy atom. The second-order valence-electron chi connectivity index (χ2n) is 4.61.